The standard InChI is InChI=1S/C46H31BrN2/c47-40-29-45(48(41-21-17-32-9-1-5-13-36(32)25-41)42-22-18-33-10-2-6-14-37(33)26-42)31-46(30-40)49(43-23-19-34-11-3-7-15-38(34)27-43)44-24-20-35-12-4-8-16-39(35)28-44/h1-31H. The normalized spacial score (nSPS) is 11.4. The van der Waals surface area contributed by atoms with Crippen molar-refractivity contribution in [3.8, 4) is 0 Å². The SMILES string of the molecule is Brc1cc(N(c2ccc3ccccc3c2)c2ccc3ccccc3c2)cc(N(c2ccc3ccccc3c2)c2ccc3ccccc3c2)c1. The van der Waals surface area contributed by atoms with Gasteiger partial charge in [0.1, 0.15) is 0 Å². The second-order valence-electron chi connectivity index (χ2n) is 12.5. The first kappa shape index (κ1) is 29.3. The molecular weight excluding hydrogens is 660 g/mol. The van der Waals surface area contributed by atoms with E-state index in [0.717, 1.165) is 38.6 Å². The van der Waals surface area contributed by atoms with Gasteiger partial charge in [-0.3, -0.25) is 0 Å². The summed E-state index contributed by atoms with van der Waals surface area (Å²) in [5, 5.41) is 9.70. The minimum atomic E-state index is 0.998. The van der Waals surface area contributed by atoms with E-state index in [1.165, 1.54) is 43.1 Å². The fourth-order valence-corrected chi connectivity index (χ4v) is 7.44. The van der Waals surface area contributed by atoms with Gasteiger partial charge in [0, 0.05) is 38.6 Å². The maximum absolute atomic E-state index is 3.95. The molecule has 0 N–H and O–H groups in total. The minimum absolute atomic E-state index is 0.998. The molecule has 9 rings (SSSR count). The van der Waals surface area contributed by atoms with E-state index in [9.17, 15) is 0 Å². The van der Waals surface area contributed by atoms with Gasteiger partial charge in [0.25, 0.3) is 0 Å². The van der Waals surface area contributed by atoms with E-state index >= 15 is 0 Å². The Balaban J connectivity index is 1.27. The van der Waals surface area contributed by atoms with Crippen molar-refractivity contribution in [2.75, 3.05) is 9.80 Å². The molecule has 0 aliphatic rings. The van der Waals surface area contributed by atoms with E-state index in [1.54, 1.807) is 0 Å². The van der Waals surface area contributed by atoms with Crippen LogP contribution < -0.4 is 9.80 Å². The first-order chi connectivity index (χ1) is 24.2. The van der Waals surface area contributed by atoms with E-state index < -0.39 is 0 Å². The smallest absolute Gasteiger partial charge is 0.0493 e. The van der Waals surface area contributed by atoms with Crippen LogP contribution in [-0.2, 0) is 0 Å². The highest BCUT2D eigenvalue weighted by atomic mass is 79.9. The minimum Gasteiger partial charge on any atom is -0.310 e. The van der Waals surface area contributed by atoms with E-state index in [0.29, 0.717) is 0 Å². The number of benzene rings is 9. The molecule has 0 saturated carbocycles. The van der Waals surface area contributed by atoms with Gasteiger partial charge in [-0.1, -0.05) is 137 Å². The van der Waals surface area contributed by atoms with Crippen LogP contribution in [0.4, 0.5) is 34.1 Å². The Bertz CT molecular complexity index is 2320. The highest BCUT2D eigenvalue weighted by Gasteiger charge is 2.20. The van der Waals surface area contributed by atoms with Crippen LogP contribution in [0.2, 0.25) is 0 Å². The highest BCUT2D eigenvalue weighted by Crippen LogP contribution is 2.44. The monoisotopic (exact) mass is 690 g/mol. The quantitative estimate of drug-likeness (QED) is 0.171. The van der Waals surface area contributed by atoms with Crippen molar-refractivity contribution in [3.05, 3.63) is 193 Å². The van der Waals surface area contributed by atoms with Crippen LogP contribution in [-0.4, -0.2) is 0 Å². The summed E-state index contributed by atoms with van der Waals surface area (Å²) < 4.78 is 0.998. The van der Waals surface area contributed by atoms with Crippen LogP contribution in [0.5, 0.6) is 0 Å². The van der Waals surface area contributed by atoms with Crippen molar-refractivity contribution in [1.29, 1.82) is 0 Å². The number of nitrogens with zero attached hydrogens (tertiary/aromatic N) is 2. The summed E-state index contributed by atoms with van der Waals surface area (Å²) in [7, 11) is 0. The molecule has 3 heteroatoms. The van der Waals surface area contributed by atoms with E-state index in [1.807, 2.05) is 0 Å². The summed E-state index contributed by atoms with van der Waals surface area (Å²) in [5.41, 5.74) is 6.51. The fourth-order valence-electron chi connectivity index (χ4n) is 6.97. The molecule has 0 unspecified atom stereocenters. The zero-order chi connectivity index (χ0) is 32.7. The molecule has 0 spiro atoms. The molecule has 0 radical (unpaired) electrons. The summed E-state index contributed by atoms with van der Waals surface area (Å²) in [6.07, 6.45) is 0. The molecule has 0 bridgehead atoms. The van der Waals surface area contributed by atoms with Gasteiger partial charge in [-0.15, -0.1) is 0 Å². The van der Waals surface area contributed by atoms with Crippen LogP contribution in [0.15, 0.2) is 193 Å². The summed E-state index contributed by atoms with van der Waals surface area (Å²) in [6, 6.07) is 67.9. The molecule has 0 heterocycles. The van der Waals surface area contributed by atoms with Crippen molar-refractivity contribution in [1.82, 2.24) is 0 Å². The van der Waals surface area contributed by atoms with Crippen LogP contribution in [0.1, 0.15) is 0 Å². The third-order valence-corrected chi connectivity index (χ3v) is 9.81. The van der Waals surface area contributed by atoms with Gasteiger partial charge in [-0.2, -0.15) is 0 Å². The Hall–Kier alpha value is -5.90. The van der Waals surface area contributed by atoms with Crippen LogP contribution >= 0.6 is 15.9 Å². The molecule has 232 valence electrons. The number of halogens is 1. The topological polar surface area (TPSA) is 6.48 Å². The molecule has 2 nitrogen and oxygen atoms in total. The predicted molar refractivity (Wildman–Crippen MR) is 214 cm³/mol. The van der Waals surface area contributed by atoms with Gasteiger partial charge in [0.15, 0.2) is 0 Å². The lowest BCUT2D eigenvalue weighted by Gasteiger charge is -2.30. The Kier molecular flexibility index (Phi) is 7.33. The van der Waals surface area contributed by atoms with Crippen LogP contribution in [0, 0.1) is 0 Å². The molecule has 0 atom stereocenters. The lowest BCUT2D eigenvalue weighted by Crippen LogP contribution is -2.13. The number of hydrogen-bond acceptors (Lipinski definition) is 2. The van der Waals surface area contributed by atoms with Gasteiger partial charge in [-0.25, -0.2) is 0 Å². The van der Waals surface area contributed by atoms with Crippen molar-refractivity contribution in [2.24, 2.45) is 0 Å². The Labute approximate surface area is 294 Å². The second-order valence-corrected chi connectivity index (χ2v) is 13.4. The molecule has 0 saturated heterocycles. The fraction of sp³-hybridized carbons (Fsp3) is 0. The average Bonchev–Trinajstić information content (AvgIpc) is 3.15. The first-order valence-corrected chi connectivity index (χ1v) is 17.3. The molecule has 0 amide bonds. The largest absolute Gasteiger partial charge is 0.310 e. The number of rotatable bonds is 6. The lowest BCUT2D eigenvalue weighted by atomic mass is 10.0. The highest BCUT2D eigenvalue weighted by molar-refractivity contribution is 9.10. The number of hydrogen-bond donors (Lipinski definition) is 0. The molecule has 0 aliphatic heterocycles. The van der Waals surface area contributed by atoms with Crippen LogP contribution in [0.25, 0.3) is 43.1 Å². The van der Waals surface area contributed by atoms with Gasteiger partial charge < -0.3 is 9.80 Å². The lowest BCUT2D eigenvalue weighted by molar-refractivity contribution is 1.25. The maximum Gasteiger partial charge on any atom is 0.0493 e. The Morgan fingerprint density at radius 3 is 0.796 bits per heavy atom. The number of anilines is 6. The third kappa shape index (κ3) is 5.58. The van der Waals surface area contributed by atoms with Gasteiger partial charge in [0.05, 0.1) is 0 Å². The van der Waals surface area contributed by atoms with Gasteiger partial charge in [0.2, 0.25) is 0 Å². The molecule has 0 aromatic heterocycles. The summed E-state index contributed by atoms with van der Waals surface area (Å²) in [4.78, 5) is 4.73. The number of fused-ring (bicyclic) bond motifs is 4. The van der Waals surface area contributed by atoms with Crippen molar-refractivity contribution < 1.29 is 0 Å². The summed E-state index contributed by atoms with van der Waals surface area (Å²) >= 11 is 3.95. The van der Waals surface area contributed by atoms with E-state index in [2.05, 4.69) is 214 Å². The van der Waals surface area contributed by atoms with Gasteiger partial charge in [-0.05, 0) is 110 Å². The summed E-state index contributed by atoms with van der Waals surface area (Å²) in [5.74, 6) is 0. The second kappa shape index (κ2) is 12.3. The molecule has 9 aromatic rings. The zero-order valence-electron chi connectivity index (χ0n) is 26.7. The van der Waals surface area contributed by atoms with Crippen LogP contribution in [0.3, 0.4) is 0 Å². The van der Waals surface area contributed by atoms with Crippen molar-refractivity contribution in [2.45, 2.75) is 0 Å². The molecule has 0 fully saturated rings. The maximum atomic E-state index is 3.95. The van der Waals surface area contributed by atoms with E-state index in [4.69, 9.17) is 0 Å². The Morgan fingerprint density at radius 1 is 0.245 bits per heavy atom. The van der Waals surface area contributed by atoms with Gasteiger partial charge >= 0.3 is 0 Å². The predicted octanol–water partition coefficient (Wildman–Crippen LogP) is 14.0. The molecular formula is C46H31BrN2. The summed E-state index contributed by atoms with van der Waals surface area (Å²) in [6.45, 7) is 0. The van der Waals surface area contributed by atoms with Crippen molar-refractivity contribution in [3.63, 3.8) is 0 Å². The molecule has 0 aliphatic carbocycles. The third-order valence-electron chi connectivity index (χ3n) is 9.35. The molecule has 9 aromatic carbocycles. The molecule has 49 heavy (non-hydrogen) atoms. The average molecular weight is 692 g/mol. The Morgan fingerprint density at radius 2 is 0.510 bits per heavy atom. The van der Waals surface area contributed by atoms with Crippen molar-refractivity contribution >= 4 is 93.1 Å². The zero-order valence-corrected chi connectivity index (χ0v) is 28.3. The van der Waals surface area contributed by atoms with E-state index in [-0.39, 0.29) is 0 Å². The first-order valence-electron chi connectivity index (χ1n) is 16.5.